The van der Waals surface area contributed by atoms with Crippen molar-refractivity contribution in [2.45, 2.75) is 11.4 Å². The number of nitrogens with two attached hydrogens (primary N) is 1. The number of nitrogen functional groups attached to an aromatic ring is 1. The van der Waals surface area contributed by atoms with Gasteiger partial charge >= 0.3 is 6.36 Å². The number of nitrogens with one attached hydrogen (secondary N) is 1. The Kier molecular flexibility index (Phi) is 5.53. The van der Waals surface area contributed by atoms with Crippen LogP contribution in [0.5, 0.6) is 5.75 Å². The van der Waals surface area contributed by atoms with Gasteiger partial charge in [0.2, 0.25) is 0 Å². The fourth-order valence-electron chi connectivity index (χ4n) is 2.33. The van der Waals surface area contributed by atoms with Crippen LogP contribution in [0.1, 0.15) is 0 Å². The van der Waals surface area contributed by atoms with Crippen molar-refractivity contribution < 1.29 is 26.3 Å². The summed E-state index contributed by atoms with van der Waals surface area (Å²) in [5.41, 5.74) is 5.32. The molecule has 152 valence electrons. The van der Waals surface area contributed by atoms with E-state index < -0.39 is 22.1 Å². The largest absolute Gasteiger partial charge is 0.573 e. The molecule has 29 heavy (non-hydrogen) atoms. The number of ether oxygens (including phenoxy) is 1. The minimum atomic E-state index is -4.93. The van der Waals surface area contributed by atoms with E-state index in [9.17, 15) is 21.6 Å². The minimum Gasteiger partial charge on any atom is -0.405 e. The summed E-state index contributed by atoms with van der Waals surface area (Å²) in [6.07, 6.45) is -4.93. The molecule has 12 heteroatoms. The fourth-order valence-corrected chi connectivity index (χ4v) is 3.52. The lowest BCUT2D eigenvalue weighted by atomic mass is 10.1. The maximum atomic E-state index is 12.7. The van der Waals surface area contributed by atoms with Gasteiger partial charge in [-0.1, -0.05) is 29.8 Å². The maximum absolute atomic E-state index is 12.7. The fraction of sp³-hybridized carbons (Fsp3) is 0.0588. The van der Waals surface area contributed by atoms with Crippen LogP contribution in [0.15, 0.2) is 59.6 Å². The van der Waals surface area contributed by atoms with Gasteiger partial charge in [0.1, 0.15) is 17.4 Å². The molecule has 1 aromatic carbocycles. The Hall–Kier alpha value is -3.05. The molecule has 2 heterocycles. The zero-order chi connectivity index (χ0) is 21.2. The Morgan fingerprint density at radius 2 is 1.72 bits per heavy atom. The van der Waals surface area contributed by atoms with E-state index in [0.29, 0.717) is 0 Å². The van der Waals surface area contributed by atoms with Crippen molar-refractivity contribution in [1.82, 2.24) is 9.97 Å². The first-order valence-electron chi connectivity index (χ1n) is 7.82. The number of anilines is 2. The molecule has 2 aromatic heterocycles. The van der Waals surface area contributed by atoms with E-state index in [1.165, 1.54) is 48.5 Å². The van der Waals surface area contributed by atoms with Crippen molar-refractivity contribution in [2.75, 3.05) is 10.5 Å². The van der Waals surface area contributed by atoms with Crippen LogP contribution in [0.2, 0.25) is 5.02 Å². The molecule has 0 bridgehead atoms. The molecule has 0 amide bonds. The van der Waals surface area contributed by atoms with Crippen molar-refractivity contribution in [2.24, 2.45) is 0 Å². The molecule has 0 fully saturated rings. The SMILES string of the molecule is Nc1cccc(S(=O)(=O)Nc2ccc(Cl)c(-c3ccccc3OC(F)(F)F)n2)n1. The Labute approximate surface area is 168 Å². The summed E-state index contributed by atoms with van der Waals surface area (Å²) in [5.74, 6) is -0.724. The highest BCUT2D eigenvalue weighted by molar-refractivity contribution is 7.92. The second-order valence-corrected chi connectivity index (χ2v) is 7.61. The Morgan fingerprint density at radius 3 is 2.41 bits per heavy atom. The third kappa shape index (κ3) is 5.06. The van der Waals surface area contributed by atoms with Gasteiger partial charge in [-0.25, -0.2) is 9.97 Å². The number of sulfonamides is 1. The van der Waals surface area contributed by atoms with E-state index in [1.54, 1.807) is 0 Å². The number of rotatable bonds is 5. The molecule has 0 aliphatic carbocycles. The molecule has 0 aliphatic heterocycles. The normalized spacial score (nSPS) is 11.9. The molecule has 3 aromatic rings. The second kappa shape index (κ2) is 7.76. The molecule has 3 N–H and O–H groups in total. The lowest BCUT2D eigenvalue weighted by molar-refractivity contribution is -0.274. The van der Waals surface area contributed by atoms with Gasteiger partial charge in [-0.15, -0.1) is 13.2 Å². The van der Waals surface area contributed by atoms with E-state index in [4.69, 9.17) is 17.3 Å². The summed E-state index contributed by atoms with van der Waals surface area (Å²) in [5, 5.41) is -0.357. The molecule has 3 rings (SSSR count). The topological polar surface area (TPSA) is 107 Å². The molecule has 0 saturated heterocycles. The summed E-state index contributed by atoms with van der Waals surface area (Å²) >= 11 is 6.08. The van der Waals surface area contributed by atoms with Crippen LogP contribution >= 0.6 is 11.6 Å². The predicted molar refractivity (Wildman–Crippen MR) is 101 cm³/mol. The molecule has 0 atom stereocenters. The van der Waals surface area contributed by atoms with E-state index in [-0.39, 0.29) is 32.9 Å². The summed E-state index contributed by atoms with van der Waals surface area (Å²) in [6, 6.07) is 11.8. The highest BCUT2D eigenvalue weighted by Gasteiger charge is 2.32. The van der Waals surface area contributed by atoms with Gasteiger partial charge in [-0.05, 0) is 36.4 Å². The average Bonchev–Trinajstić information content (AvgIpc) is 2.62. The predicted octanol–water partition coefficient (Wildman–Crippen LogP) is 4.08. The first-order chi connectivity index (χ1) is 13.5. The quantitative estimate of drug-likeness (QED) is 0.614. The van der Waals surface area contributed by atoms with Crippen LogP contribution in [0.25, 0.3) is 11.3 Å². The molecule has 7 nitrogen and oxygen atoms in total. The van der Waals surface area contributed by atoms with Crippen molar-refractivity contribution >= 4 is 33.3 Å². The number of benzene rings is 1. The minimum absolute atomic E-state index is 0.00384. The zero-order valence-electron chi connectivity index (χ0n) is 14.3. The lowest BCUT2D eigenvalue weighted by Gasteiger charge is -2.14. The molecule has 0 spiro atoms. The summed E-state index contributed by atoms with van der Waals surface area (Å²) in [6.45, 7) is 0. The lowest BCUT2D eigenvalue weighted by Crippen LogP contribution is -2.18. The zero-order valence-corrected chi connectivity index (χ0v) is 15.9. The Morgan fingerprint density at radius 1 is 1.00 bits per heavy atom. The van der Waals surface area contributed by atoms with Gasteiger partial charge in [0, 0.05) is 5.56 Å². The molecule has 0 unspecified atom stereocenters. The number of aromatic nitrogens is 2. The van der Waals surface area contributed by atoms with Crippen molar-refractivity contribution in [3.8, 4) is 17.0 Å². The van der Waals surface area contributed by atoms with Gasteiger partial charge in [-0.3, -0.25) is 4.72 Å². The smallest absolute Gasteiger partial charge is 0.405 e. The van der Waals surface area contributed by atoms with Crippen LogP contribution < -0.4 is 15.2 Å². The van der Waals surface area contributed by atoms with Crippen molar-refractivity contribution in [3.05, 3.63) is 59.6 Å². The summed E-state index contributed by atoms with van der Waals surface area (Å²) in [7, 11) is -4.14. The first kappa shape index (κ1) is 20.7. The number of hydrogen-bond acceptors (Lipinski definition) is 6. The monoisotopic (exact) mass is 444 g/mol. The first-order valence-corrected chi connectivity index (χ1v) is 9.68. The van der Waals surface area contributed by atoms with Crippen LogP contribution in [-0.2, 0) is 10.0 Å². The number of nitrogens with zero attached hydrogens (tertiary/aromatic N) is 2. The van der Waals surface area contributed by atoms with Crippen LogP contribution in [0, 0.1) is 0 Å². The number of para-hydroxylation sites is 1. The van der Waals surface area contributed by atoms with Gasteiger partial charge in [0.15, 0.2) is 5.03 Å². The highest BCUT2D eigenvalue weighted by atomic mass is 35.5. The van der Waals surface area contributed by atoms with Gasteiger partial charge in [0.25, 0.3) is 10.0 Å². The number of halogens is 4. The standard InChI is InChI=1S/C17H12ClF3N4O3S/c18-11-8-9-14(25-29(26,27)15-7-3-6-13(22)23-15)24-16(11)10-4-1-2-5-12(10)28-17(19,20)21/h1-9H,(H2,22,23)(H,24,25). The van der Waals surface area contributed by atoms with E-state index in [0.717, 1.165) is 6.07 Å². The third-order valence-corrected chi connectivity index (χ3v) is 5.03. The van der Waals surface area contributed by atoms with Crippen molar-refractivity contribution in [3.63, 3.8) is 0 Å². The second-order valence-electron chi connectivity index (χ2n) is 5.58. The van der Waals surface area contributed by atoms with Gasteiger partial charge in [-0.2, -0.15) is 8.42 Å². The highest BCUT2D eigenvalue weighted by Crippen LogP contribution is 2.36. The van der Waals surface area contributed by atoms with E-state index in [1.807, 2.05) is 0 Å². The molecule has 0 saturated carbocycles. The average molecular weight is 445 g/mol. The molecular weight excluding hydrogens is 433 g/mol. The van der Waals surface area contributed by atoms with Crippen LogP contribution in [-0.4, -0.2) is 24.7 Å². The van der Waals surface area contributed by atoms with E-state index >= 15 is 0 Å². The van der Waals surface area contributed by atoms with Crippen LogP contribution in [0.4, 0.5) is 24.8 Å². The van der Waals surface area contributed by atoms with Gasteiger partial charge < -0.3 is 10.5 Å². The number of hydrogen-bond donors (Lipinski definition) is 2. The Balaban J connectivity index is 2.00. The van der Waals surface area contributed by atoms with Crippen LogP contribution in [0.3, 0.4) is 0 Å². The summed E-state index contributed by atoms with van der Waals surface area (Å²) in [4.78, 5) is 7.76. The maximum Gasteiger partial charge on any atom is 0.573 e. The molecule has 0 aliphatic rings. The molecular formula is C17H12ClF3N4O3S. The number of pyridine rings is 2. The third-order valence-electron chi connectivity index (χ3n) is 3.47. The van der Waals surface area contributed by atoms with E-state index in [2.05, 4.69) is 19.4 Å². The summed E-state index contributed by atoms with van der Waals surface area (Å²) < 4.78 is 69.1. The van der Waals surface area contributed by atoms with Gasteiger partial charge in [0.05, 0.1) is 10.7 Å². The molecule has 0 radical (unpaired) electrons. The van der Waals surface area contributed by atoms with Crippen molar-refractivity contribution in [1.29, 1.82) is 0 Å². The number of alkyl halides is 3. The Bertz CT molecular complexity index is 1160.